The molecule has 1 unspecified atom stereocenters. The summed E-state index contributed by atoms with van der Waals surface area (Å²) in [7, 11) is 0. The van der Waals surface area contributed by atoms with Gasteiger partial charge in [0.15, 0.2) is 0 Å². The molecule has 1 aromatic carbocycles. The normalized spacial score (nSPS) is 14.8. The molecule has 2 aromatic rings. The maximum atomic E-state index is 12.2. The molecule has 0 saturated carbocycles. The van der Waals surface area contributed by atoms with Crippen LogP contribution in [0.25, 0.3) is 11.5 Å². The Balaban J connectivity index is 1.69. The van der Waals surface area contributed by atoms with Crippen molar-refractivity contribution >= 4 is 21.8 Å². The molecular weight excluding hydrogens is 374 g/mol. The molecule has 1 atom stereocenters. The Labute approximate surface area is 149 Å². The van der Waals surface area contributed by atoms with Gasteiger partial charge in [-0.1, -0.05) is 22.0 Å². The van der Waals surface area contributed by atoms with Gasteiger partial charge in [0.05, 0.1) is 26.2 Å². The zero-order valence-corrected chi connectivity index (χ0v) is 15.3. The minimum Gasteiger partial charge on any atom is -0.439 e. The lowest BCUT2D eigenvalue weighted by molar-refractivity contribution is -0.131. The summed E-state index contributed by atoms with van der Waals surface area (Å²) in [6, 6.07) is 5.81. The van der Waals surface area contributed by atoms with Crippen LogP contribution in [0, 0.1) is 6.92 Å². The van der Waals surface area contributed by atoms with Crippen LogP contribution in [0.4, 0.5) is 0 Å². The largest absolute Gasteiger partial charge is 0.439 e. The summed E-state index contributed by atoms with van der Waals surface area (Å²) in [6.45, 7) is 4.94. The number of fused-ring (bicyclic) bond motifs is 1. The van der Waals surface area contributed by atoms with Crippen LogP contribution in [-0.4, -0.2) is 40.1 Å². The number of rotatable bonds is 5. The number of aliphatic hydroxyl groups excluding tert-OH is 1. The first-order valence-corrected chi connectivity index (χ1v) is 8.65. The molecule has 0 fully saturated rings. The minimum atomic E-state index is -0.100. The molecule has 24 heavy (non-hydrogen) atoms. The summed E-state index contributed by atoms with van der Waals surface area (Å²) in [5.41, 5.74) is 2.84. The monoisotopic (exact) mass is 393 g/mol. The Hall–Kier alpha value is -1.70. The van der Waals surface area contributed by atoms with Gasteiger partial charge in [-0.25, -0.2) is 4.98 Å². The fraction of sp³-hybridized carbons (Fsp3) is 0.412. The van der Waals surface area contributed by atoms with Crippen molar-refractivity contribution in [3.63, 3.8) is 0 Å². The van der Waals surface area contributed by atoms with Crippen molar-refractivity contribution in [2.24, 2.45) is 0 Å². The Kier molecular flexibility index (Phi) is 5.03. The third kappa shape index (κ3) is 3.38. The molecule has 0 bridgehead atoms. The summed E-state index contributed by atoms with van der Waals surface area (Å²) < 4.78 is 6.90. The van der Waals surface area contributed by atoms with E-state index >= 15 is 0 Å². The number of amides is 1. The second-order valence-corrected chi connectivity index (χ2v) is 6.87. The van der Waals surface area contributed by atoms with E-state index in [2.05, 4.69) is 26.2 Å². The van der Waals surface area contributed by atoms with Gasteiger partial charge in [0, 0.05) is 16.1 Å². The van der Waals surface area contributed by atoms with Crippen LogP contribution in [0.2, 0.25) is 0 Å². The van der Waals surface area contributed by atoms with Crippen molar-refractivity contribution in [1.82, 2.24) is 15.2 Å². The Morgan fingerprint density at radius 1 is 1.50 bits per heavy atom. The molecule has 2 N–H and O–H groups in total. The molecule has 1 aliphatic rings. The molecule has 1 aliphatic heterocycles. The van der Waals surface area contributed by atoms with Gasteiger partial charge in [-0.3, -0.25) is 4.79 Å². The number of aromatic nitrogens is 1. The molecule has 1 amide bonds. The first-order chi connectivity index (χ1) is 11.5. The molecule has 6 nitrogen and oxygen atoms in total. The quantitative estimate of drug-likeness (QED) is 0.813. The minimum absolute atomic E-state index is 0.00474. The summed E-state index contributed by atoms with van der Waals surface area (Å²) in [6.07, 6.45) is 0. The van der Waals surface area contributed by atoms with E-state index in [1.807, 2.05) is 32.0 Å². The summed E-state index contributed by atoms with van der Waals surface area (Å²) >= 11 is 3.52. The number of halogens is 1. The number of nitrogens with zero attached hydrogens (tertiary/aromatic N) is 2. The molecule has 2 heterocycles. The molecule has 7 heteroatoms. The van der Waals surface area contributed by atoms with Crippen molar-refractivity contribution in [3.05, 3.63) is 39.7 Å². The number of carbonyl (C=O) groups excluding carboxylic acids is 1. The second-order valence-electron chi connectivity index (χ2n) is 6.02. The topological polar surface area (TPSA) is 78.6 Å². The van der Waals surface area contributed by atoms with E-state index in [0.29, 0.717) is 19.0 Å². The van der Waals surface area contributed by atoms with E-state index < -0.39 is 0 Å². The third-order valence-corrected chi connectivity index (χ3v) is 5.04. The maximum absolute atomic E-state index is 12.2. The first-order valence-electron chi connectivity index (χ1n) is 7.85. The Morgan fingerprint density at radius 2 is 2.29 bits per heavy atom. The number of hydrogen-bond acceptors (Lipinski definition) is 5. The van der Waals surface area contributed by atoms with Crippen molar-refractivity contribution in [1.29, 1.82) is 0 Å². The van der Waals surface area contributed by atoms with Crippen LogP contribution >= 0.6 is 15.9 Å². The molecule has 0 aliphatic carbocycles. The SMILES string of the molecule is Cc1c(Br)cccc1-c1nc2c(o1)CN(C(=O)CNC(C)CO)C2. The number of nitrogens with one attached hydrogen (secondary N) is 1. The molecule has 128 valence electrons. The fourth-order valence-electron chi connectivity index (χ4n) is 2.61. The first kappa shape index (κ1) is 17.1. The van der Waals surface area contributed by atoms with Gasteiger partial charge in [0.2, 0.25) is 11.8 Å². The van der Waals surface area contributed by atoms with Crippen LogP contribution in [0.15, 0.2) is 27.1 Å². The Bertz CT molecular complexity index is 736. The van der Waals surface area contributed by atoms with Crippen LogP contribution in [0.1, 0.15) is 23.9 Å². The number of oxazole rings is 1. The number of carbonyl (C=O) groups is 1. The average molecular weight is 394 g/mol. The van der Waals surface area contributed by atoms with Gasteiger partial charge < -0.3 is 19.7 Å². The Morgan fingerprint density at radius 3 is 3.00 bits per heavy atom. The van der Waals surface area contributed by atoms with Crippen molar-refractivity contribution in [2.75, 3.05) is 13.2 Å². The van der Waals surface area contributed by atoms with E-state index in [-0.39, 0.29) is 25.1 Å². The lowest BCUT2D eigenvalue weighted by Crippen LogP contribution is -2.39. The highest BCUT2D eigenvalue weighted by Crippen LogP contribution is 2.32. The summed E-state index contributed by atoms with van der Waals surface area (Å²) in [4.78, 5) is 18.5. The summed E-state index contributed by atoms with van der Waals surface area (Å²) in [5, 5.41) is 12.0. The predicted octanol–water partition coefficient (Wildman–Crippen LogP) is 2.23. The van der Waals surface area contributed by atoms with Crippen LogP contribution in [0.3, 0.4) is 0 Å². The van der Waals surface area contributed by atoms with Crippen molar-refractivity contribution in [3.8, 4) is 11.5 Å². The van der Waals surface area contributed by atoms with Crippen molar-refractivity contribution in [2.45, 2.75) is 33.0 Å². The number of benzene rings is 1. The molecule has 0 saturated heterocycles. The fourth-order valence-corrected chi connectivity index (χ4v) is 2.98. The summed E-state index contributed by atoms with van der Waals surface area (Å²) in [5.74, 6) is 1.31. The van der Waals surface area contributed by atoms with Gasteiger partial charge in [0.25, 0.3) is 0 Å². The highest BCUT2D eigenvalue weighted by atomic mass is 79.9. The van der Waals surface area contributed by atoms with Crippen LogP contribution in [0.5, 0.6) is 0 Å². The molecule has 0 spiro atoms. The molecule has 1 aromatic heterocycles. The zero-order chi connectivity index (χ0) is 17.3. The number of aliphatic hydroxyl groups is 1. The van der Waals surface area contributed by atoms with E-state index in [4.69, 9.17) is 9.52 Å². The van der Waals surface area contributed by atoms with E-state index in [1.165, 1.54) is 0 Å². The van der Waals surface area contributed by atoms with Gasteiger partial charge in [-0.15, -0.1) is 0 Å². The number of hydrogen-bond donors (Lipinski definition) is 2. The van der Waals surface area contributed by atoms with Gasteiger partial charge in [-0.05, 0) is 31.5 Å². The molecule has 0 radical (unpaired) electrons. The van der Waals surface area contributed by atoms with E-state index in [0.717, 1.165) is 27.1 Å². The van der Waals surface area contributed by atoms with Gasteiger partial charge in [0.1, 0.15) is 11.5 Å². The highest BCUT2D eigenvalue weighted by Gasteiger charge is 2.29. The average Bonchev–Trinajstić information content (AvgIpc) is 3.13. The second kappa shape index (κ2) is 7.04. The van der Waals surface area contributed by atoms with Crippen LogP contribution in [-0.2, 0) is 17.9 Å². The smallest absolute Gasteiger partial charge is 0.237 e. The van der Waals surface area contributed by atoms with Crippen LogP contribution < -0.4 is 5.32 Å². The lowest BCUT2D eigenvalue weighted by atomic mass is 10.1. The predicted molar refractivity (Wildman–Crippen MR) is 93.2 cm³/mol. The van der Waals surface area contributed by atoms with Gasteiger partial charge in [-0.2, -0.15) is 0 Å². The molecule has 3 rings (SSSR count). The maximum Gasteiger partial charge on any atom is 0.237 e. The zero-order valence-electron chi connectivity index (χ0n) is 13.7. The lowest BCUT2D eigenvalue weighted by Gasteiger charge is -2.17. The van der Waals surface area contributed by atoms with Gasteiger partial charge >= 0.3 is 0 Å². The highest BCUT2D eigenvalue weighted by molar-refractivity contribution is 9.10. The van der Waals surface area contributed by atoms with Crippen molar-refractivity contribution < 1.29 is 14.3 Å². The third-order valence-electron chi connectivity index (χ3n) is 4.18. The molecular formula is C17H20BrN3O3. The van der Waals surface area contributed by atoms with E-state index in [1.54, 1.807) is 4.90 Å². The standard InChI is InChI=1S/C17H20BrN3O3/c1-10(9-22)19-6-16(23)21-7-14-15(8-21)24-17(20-14)12-4-3-5-13(18)11(12)2/h3-5,10,19,22H,6-9H2,1-2H3. The van der Waals surface area contributed by atoms with E-state index in [9.17, 15) is 4.79 Å².